The van der Waals surface area contributed by atoms with Crippen molar-refractivity contribution in [3.63, 3.8) is 0 Å². The number of hydrogen-bond acceptors (Lipinski definition) is 4. The smallest absolute Gasteiger partial charge is 0.293 e. The van der Waals surface area contributed by atoms with E-state index in [2.05, 4.69) is 10.1 Å². The van der Waals surface area contributed by atoms with Gasteiger partial charge in [-0.25, -0.2) is 14.5 Å². The minimum absolute atomic E-state index is 0.164. The van der Waals surface area contributed by atoms with Crippen molar-refractivity contribution in [2.75, 3.05) is 14.1 Å². The number of pyridine rings is 1. The zero-order valence-corrected chi connectivity index (χ0v) is 15.6. The first-order chi connectivity index (χ1) is 13.6. The number of fused-ring (bicyclic) bond motifs is 1. The highest BCUT2D eigenvalue weighted by Gasteiger charge is 2.15. The van der Waals surface area contributed by atoms with Gasteiger partial charge in [0.15, 0.2) is 5.65 Å². The standard InChI is InChI=1S/C22H19N5O/c1-26(2)22(28)21-24-19-15-18(13-14-27(19)25-21)23-20(16-9-5-3-6-10-16)17-11-7-4-8-12-17/h3-15H,1-2H3. The molecular weight excluding hydrogens is 350 g/mol. The molecule has 1 amide bonds. The van der Waals surface area contributed by atoms with Crippen molar-refractivity contribution >= 4 is 23.0 Å². The molecule has 0 aliphatic rings. The van der Waals surface area contributed by atoms with Crippen LogP contribution in [0.5, 0.6) is 0 Å². The molecule has 0 N–H and O–H groups in total. The Labute approximate surface area is 162 Å². The van der Waals surface area contributed by atoms with Crippen LogP contribution in [-0.2, 0) is 0 Å². The maximum Gasteiger partial charge on any atom is 0.293 e. The summed E-state index contributed by atoms with van der Waals surface area (Å²) in [5, 5.41) is 4.24. The van der Waals surface area contributed by atoms with E-state index in [1.54, 1.807) is 24.8 Å². The molecule has 0 radical (unpaired) electrons. The molecule has 0 saturated carbocycles. The lowest BCUT2D eigenvalue weighted by molar-refractivity contribution is 0.0816. The summed E-state index contributed by atoms with van der Waals surface area (Å²) in [5.74, 6) is -0.0690. The maximum absolute atomic E-state index is 12.1. The van der Waals surface area contributed by atoms with E-state index in [1.165, 1.54) is 4.90 Å². The fourth-order valence-corrected chi connectivity index (χ4v) is 2.85. The molecule has 0 bridgehead atoms. The average molecular weight is 369 g/mol. The Morgan fingerprint density at radius 3 is 2.11 bits per heavy atom. The zero-order chi connectivity index (χ0) is 19.5. The van der Waals surface area contributed by atoms with Gasteiger partial charge in [0, 0.05) is 37.5 Å². The number of amides is 1. The Hall–Kier alpha value is -3.80. The molecule has 0 aliphatic heterocycles. The first kappa shape index (κ1) is 17.6. The van der Waals surface area contributed by atoms with E-state index in [1.807, 2.05) is 72.8 Å². The number of aromatic nitrogens is 3. The number of hydrogen-bond donors (Lipinski definition) is 0. The molecule has 2 aromatic heterocycles. The quantitative estimate of drug-likeness (QED) is 0.516. The number of aliphatic imine (C=N–C) groups is 1. The summed E-state index contributed by atoms with van der Waals surface area (Å²) in [6, 6.07) is 23.8. The summed E-state index contributed by atoms with van der Waals surface area (Å²) >= 11 is 0. The van der Waals surface area contributed by atoms with Gasteiger partial charge in [-0.15, -0.1) is 5.10 Å². The number of carbonyl (C=O) groups is 1. The zero-order valence-electron chi connectivity index (χ0n) is 15.6. The lowest BCUT2D eigenvalue weighted by Crippen LogP contribution is -2.22. The Bertz CT molecular complexity index is 1110. The second-order valence-corrected chi connectivity index (χ2v) is 6.52. The highest BCUT2D eigenvalue weighted by atomic mass is 16.2. The van der Waals surface area contributed by atoms with Gasteiger partial charge in [-0.3, -0.25) is 4.79 Å². The summed E-state index contributed by atoms with van der Waals surface area (Å²) in [6.07, 6.45) is 1.77. The van der Waals surface area contributed by atoms with E-state index in [4.69, 9.17) is 4.99 Å². The van der Waals surface area contributed by atoms with Crippen LogP contribution in [0, 0.1) is 0 Å². The van der Waals surface area contributed by atoms with E-state index in [9.17, 15) is 4.79 Å². The van der Waals surface area contributed by atoms with Crippen molar-refractivity contribution in [1.29, 1.82) is 0 Å². The molecule has 4 rings (SSSR count). The van der Waals surface area contributed by atoms with Crippen molar-refractivity contribution in [3.05, 3.63) is 95.9 Å². The highest BCUT2D eigenvalue weighted by Crippen LogP contribution is 2.19. The minimum Gasteiger partial charge on any atom is -0.342 e. The fraction of sp³-hybridized carbons (Fsp3) is 0.0909. The first-order valence-corrected chi connectivity index (χ1v) is 8.89. The van der Waals surface area contributed by atoms with Gasteiger partial charge in [0.1, 0.15) is 0 Å². The molecule has 0 saturated heterocycles. The third-order valence-corrected chi connectivity index (χ3v) is 4.25. The van der Waals surface area contributed by atoms with Gasteiger partial charge in [-0.2, -0.15) is 0 Å². The second-order valence-electron chi connectivity index (χ2n) is 6.52. The molecule has 2 heterocycles. The molecule has 0 spiro atoms. The summed E-state index contributed by atoms with van der Waals surface area (Å²) < 4.78 is 1.58. The molecule has 28 heavy (non-hydrogen) atoms. The Morgan fingerprint density at radius 2 is 1.54 bits per heavy atom. The van der Waals surface area contributed by atoms with Crippen LogP contribution in [0.4, 0.5) is 5.69 Å². The minimum atomic E-state index is -0.233. The topological polar surface area (TPSA) is 62.9 Å². The lowest BCUT2D eigenvalue weighted by atomic mass is 10.0. The van der Waals surface area contributed by atoms with Gasteiger partial charge >= 0.3 is 0 Å². The van der Waals surface area contributed by atoms with Crippen LogP contribution in [0.1, 0.15) is 21.7 Å². The number of nitrogens with zero attached hydrogens (tertiary/aromatic N) is 5. The Kier molecular flexibility index (Phi) is 4.68. The number of benzene rings is 2. The third-order valence-electron chi connectivity index (χ3n) is 4.25. The second kappa shape index (κ2) is 7.44. The molecule has 0 atom stereocenters. The average Bonchev–Trinajstić information content (AvgIpc) is 3.16. The van der Waals surface area contributed by atoms with Crippen LogP contribution in [0.25, 0.3) is 5.65 Å². The van der Waals surface area contributed by atoms with Crippen LogP contribution in [0.2, 0.25) is 0 Å². The van der Waals surface area contributed by atoms with E-state index < -0.39 is 0 Å². The summed E-state index contributed by atoms with van der Waals surface area (Å²) in [5.41, 5.74) is 4.24. The normalized spacial score (nSPS) is 10.6. The molecule has 0 fully saturated rings. The molecule has 138 valence electrons. The van der Waals surface area contributed by atoms with Gasteiger partial charge < -0.3 is 4.90 Å². The summed E-state index contributed by atoms with van der Waals surface area (Å²) in [6.45, 7) is 0. The largest absolute Gasteiger partial charge is 0.342 e. The molecule has 2 aromatic carbocycles. The van der Waals surface area contributed by atoms with Crippen molar-refractivity contribution in [1.82, 2.24) is 19.5 Å². The first-order valence-electron chi connectivity index (χ1n) is 8.89. The van der Waals surface area contributed by atoms with Crippen LogP contribution >= 0.6 is 0 Å². The van der Waals surface area contributed by atoms with E-state index >= 15 is 0 Å². The summed E-state index contributed by atoms with van der Waals surface area (Å²) in [7, 11) is 3.35. The number of rotatable bonds is 4. The van der Waals surface area contributed by atoms with Gasteiger partial charge in [-0.05, 0) is 6.07 Å². The van der Waals surface area contributed by atoms with Crippen LogP contribution in [-0.4, -0.2) is 45.2 Å². The Morgan fingerprint density at radius 1 is 0.929 bits per heavy atom. The monoisotopic (exact) mass is 369 g/mol. The van der Waals surface area contributed by atoms with E-state index in [-0.39, 0.29) is 11.7 Å². The Balaban J connectivity index is 1.80. The maximum atomic E-state index is 12.1. The van der Waals surface area contributed by atoms with Crippen LogP contribution in [0.15, 0.2) is 84.0 Å². The predicted octanol–water partition coefficient (Wildman–Crippen LogP) is 3.60. The van der Waals surface area contributed by atoms with Crippen LogP contribution in [0.3, 0.4) is 0 Å². The van der Waals surface area contributed by atoms with E-state index in [0.717, 1.165) is 22.5 Å². The van der Waals surface area contributed by atoms with Crippen molar-refractivity contribution in [3.8, 4) is 0 Å². The molecule has 6 nitrogen and oxygen atoms in total. The molecule has 4 aromatic rings. The molecular formula is C22H19N5O. The molecule has 6 heteroatoms. The van der Waals surface area contributed by atoms with Gasteiger partial charge in [0.05, 0.1) is 11.4 Å². The van der Waals surface area contributed by atoms with Gasteiger partial charge in [-0.1, -0.05) is 60.7 Å². The predicted molar refractivity (Wildman–Crippen MR) is 109 cm³/mol. The molecule has 0 aliphatic carbocycles. The van der Waals surface area contributed by atoms with E-state index in [0.29, 0.717) is 5.65 Å². The third kappa shape index (κ3) is 3.53. The van der Waals surface area contributed by atoms with Crippen molar-refractivity contribution < 1.29 is 4.79 Å². The fourth-order valence-electron chi connectivity index (χ4n) is 2.85. The highest BCUT2D eigenvalue weighted by molar-refractivity contribution is 6.14. The number of carbonyl (C=O) groups excluding carboxylic acids is 1. The summed E-state index contributed by atoms with van der Waals surface area (Å²) in [4.78, 5) is 22.8. The van der Waals surface area contributed by atoms with Crippen molar-refractivity contribution in [2.24, 2.45) is 4.99 Å². The lowest BCUT2D eigenvalue weighted by Gasteiger charge is -2.07. The van der Waals surface area contributed by atoms with Gasteiger partial charge in [0.25, 0.3) is 5.91 Å². The molecule has 0 unspecified atom stereocenters. The van der Waals surface area contributed by atoms with Gasteiger partial charge in [0.2, 0.25) is 5.82 Å². The van der Waals surface area contributed by atoms with Crippen LogP contribution < -0.4 is 0 Å². The van der Waals surface area contributed by atoms with Crippen molar-refractivity contribution in [2.45, 2.75) is 0 Å². The SMILES string of the molecule is CN(C)C(=O)c1nc2cc(N=C(c3ccccc3)c3ccccc3)ccn2n1.